The van der Waals surface area contributed by atoms with E-state index in [0.717, 1.165) is 13.2 Å². The lowest BCUT2D eigenvalue weighted by Gasteiger charge is -2.05. The summed E-state index contributed by atoms with van der Waals surface area (Å²) in [7, 11) is 1.11. The summed E-state index contributed by atoms with van der Waals surface area (Å²) in [6.07, 6.45) is 0.376. The SMILES string of the molecule is COC(=O)c1cc(CCN)cc(F)c1F. The molecule has 5 heteroatoms. The Morgan fingerprint density at radius 3 is 2.67 bits per heavy atom. The Kier molecular flexibility index (Phi) is 3.74. The van der Waals surface area contributed by atoms with Crippen molar-refractivity contribution in [1.82, 2.24) is 0 Å². The first-order valence-corrected chi connectivity index (χ1v) is 4.36. The molecule has 0 amide bonds. The first-order valence-electron chi connectivity index (χ1n) is 4.36. The Balaban J connectivity index is 3.18. The Bertz CT molecular complexity index is 380. The highest BCUT2D eigenvalue weighted by Crippen LogP contribution is 2.16. The van der Waals surface area contributed by atoms with Crippen LogP contribution in [-0.4, -0.2) is 19.6 Å². The summed E-state index contributed by atoms with van der Waals surface area (Å²) in [5.74, 6) is -3.16. The number of methoxy groups -OCH3 is 1. The van der Waals surface area contributed by atoms with Crippen molar-refractivity contribution < 1.29 is 18.3 Å². The van der Waals surface area contributed by atoms with Crippen LogP contribution in [0.1, 0.15) is 15.9 Å². The van der Waals surface area contributed by atoms with Crippen LogP contribution in [0.15, 0.2) is 12.1 Å². The number of rotatable bonds is 3. The standard InChI is InChI=1S/C10H11F2NO2/c1-15-10(14)7-4-6(2-3-13)5-8(11)9(7)12/h4-5H,2-3,13H2,1H3. The van der Waals surface area contributed by atoms with Gasteiger partial charge in [0.1, 0.15) is 0 Å². The second-order valence-electron chi connectivity index (χ2n) is 2.97. The number of nitrogens with two attached hydrogens (primary N) is 1. The molecule has 2 N–H and O–H groups in total. The zero-order valence-corrected chi connectivity index (χ0v) is 8.22. The van der Waals surface area contributed by atoms with Crippen LogP contribution in [0, 0.1) is 11.6 Å². The molecular formula is C10H11F2NO2. The third kappa shape index (κ3) is 2.50. The van der Waals surface area contributed by atoms with Gasteiger partial charge in [-0.3, -0.25) is 0 Å². The fraction of sp³-hybridized carbons (Fsp3) is 0.300. The first kappa shape index (κ1) is 11.6. The molecule has 0 heterocycles. The summed E-state index contributed by atoms with van der Waals surface area (Å²) in [5, 5.41) is 0. The maximum atomic E-state index is 13.2. The van der Waals surface area contributed by atoms with Crippen LogP contribution >= 0.6 is 0 Å². The molecule has 0 atom stereocenters. The summed E-state index contributed by atoms with van der Waals surface area (Å²) < 4.78 is 30.5. The van der Waals surface area contributed by atoms with Gasteiger partial charge < -0.3 is 10.5 Å². The van der Waals surface area contributed by atoms with E-state index < -0.39 is 23.2 Å². The van der Waals surface area contributed by atoms with Gasteiger partial charge in [-0.25, -0.2) is 13.6 Å². The molecule has 15 heavy (non-hydrogen) atoms. The maximum absolute atomic E-state index is 13.2. The molecule has 0 saturated heterocycles. The summed E-state index contributed by atoms with van der Waals surface area (Å²) >= 11 is 0. The zero-order valence-electron chi connectivity index (χ0n) is 8.22. The molecule has 0 aliphatic carbocycles. The molecule has 1 aromatic carbocycles. The highest BCUT2D eigenvalue weighted by Gasteiger charge is 2.17. The van der Waals surface area contributed by atoms with Crippen molar-refractivity contribution >= 4 is 5.97 Å². The van der Waals surface area contributed by atoms with E-state index in [4.69, 9.17) is 5.73 Å². The number of carbonyl (C=O) groups excluding carboxylic acids is 1. The topological polar surface area (TPSA) is 52.3 Å². The molecule has 82 valence electrons. The smallest absolute Gasteiger partial charge is 0.340 e. The number of carbonyl (C=O) groups is 1. The van der Waals surface area contributed by atoms with Crippen LogP contribution < -0.4 is 5.73 Å². The number of halogens is 2. The predicted octanol–water partition coefficient (Wildman–Crippen LogP) is 1.25. The van der Waals surface area contributed by atoms with Crippen LogP contribution in [0.4, 0.5) is 8.78 Å². The van der Waals surface area contributed by atoms with Gasteiger partial charge >= 0.3 is 5.97 Å². The van der Waals surface area contributed by atoms with E-state index in [2.05, 4.69) is 4.74 Å². The lowest BCUT2D eigenvalue weighted by atomic mass is 10.1. The van der Waals surface area contributed by atoms with Gasteiger partial charge in [0.2, 0.25) is 0 Å². The predicted molar refractivity (Wildman–Crippen MR) is 50.5 cm³/mol. The minimum Gasteiger partial charge on any atom is -0.465 e. The number of ether oxygens (including phenoxy) is 1. The number of benzene rings is 1. The van der Waals surface area contributed by atoms with Crippen LogP contribution in [0.25, 0.3) is 0 Å². The van der Waals surface area contributed by atoms with Gasteiger partial charge in [0.05, 0.1) is 12.7 Å². The highest BCUT2D eigenvalue weighted by atomic mass is 19.2. The summed E-state index contributed by atoms with van der Waals surface area (Å²) in [4.78, 5) is 11.1. The minimum atomic E-state index is -1.19. The van der Waals surface area contributed by atoms with Crippen LogP contribution in [0.2, 0.25) is 0 Å². The molecule has 1 rings (SSSR count). The number of hydrogen-bond donors (Lipinski definition) is 1. The molecule has 0 fully saturated rings. The van der Waals surface area contributed by atoms with Crippen LogP contribution in [0.5, 0.6) is 0 Å². The molecule has 1 aromatic rings. The molecule has 3 nitrogen and oxygen atoms in total. The van der Waals surface area contributed by atoms with E-state index in [1.165, 1.54) is 6.07 Å². The largest absolute Gasteiger partial charge is 0.465 e. The second-order valence-corrected chi connectivity index (χ2v) is 2.97. The van der Waals surface area contributed by atoms with Gasteiger partial charge in [0.15, 0.2) is 11.6 Å². The molecular weight excluding hydrogens is 204 g/mol. The zero-order chi connectivity index (χ0) is 11.4. The molecule has 0 aromatic heterocycles. The average Bonchev–Trinajstić information content (AvgIpc) is 2.22. The van der Waals surface area contributed by atoms with Crippen molar-refractivity contribution in [3.8, 4) is 0 Å². The van der Waals surface area contributed by atoms with E-state index in [9.17, 15) is 13.6 Å². The van der Waals surface area contributed by atoms with E-state index in [1.807, 2.05) is 0 Å². The summed E-state index contributed by atoms with van der Waals surface area (Å²) in [6.45, 7) is 0.297. The lowest BCUT2D eigenvalue weighted by Crippen LogP contribution is -2.09. The Morgan fingerprint density at radius 2 is 2.13 bits per heavy atom. The first-order chi connectivity index (χ1) is 7.10. The average molecular weight is 215 g/mol. The van der Waals surface area contributed by atoms with E-state index in [-0.39, 0.29) is 0 Å². The maximum Gasteiger partial charge on any atom is 0.340 e. The molecule has 0 unspecified atom stereocenters. The normalized spacial score (nSPS) is 10.1. The minimum absolute atomic E-state index is 0.297. The molecule has 0 spiro atoms. The van der Waals surface area contributed by atoms with Crippen molar-refractivity contribution in [2.24, 2.45) is 5.73 Å². The second kappa shape index (κ2) is 4.84. The Labute approximate surface area is 85.8 Å². The van der Waals surface area contributed by atoms with Gasteiger partial charge in [0, 0.05) is 0 Å². The number of hydrogen-bond acceptors (Lipinski definition) is 3. The van der Waals surface area contributed by atoms with E-state index >= 15 is 0 Å². The van der Waals surface area contributed by atoms with Gasteiger partial charge in [-0.15, -0.1) is 0 Å². The van der Waals surface area contributed by atoms with Gasteiger partial charge in [0.25, 0.3) is 0 Å². The third-order valence-corrected chi connectivity index (χ3v) is 1.93. The fourth-order valence-corrected chi connectivity index (χ4v) is 1.21. The third-order valence-electron chi connectivity index (χ3n) is 1.93. The van der Waals surface area contributed by atoms with E-state index in [0.29, 0.717) is 18.5 Å². The Hall–Kier alpha value is -1.49. The molecule has 0 bridgehead atoms. The molecule has 0 aliphatic heterocycles. The van der Waals surface area contributed by atoms with Gasteiger partial charge in [-0.2, -0.15) is 0 Å². The summed E-state index contributed by atoms with van der Waals surface area (Å²) in [5.41, 5.74) is 5.34. The quantitative estimate of drug-likeness (QED) is 0.772. The highest BCUT2D eigenvalue weighted by molar-refractivity contribution is 5.89. The van der Waals surface area contributed by atoms with Crippen molar-refractivity contribution in [2.75, 3.05) is 13.7 Å². The van der Waals surface area contributed by atoms with Crippen molar-refractivity contribution in [2.45, 2.75) is 6.42 Å². The number of esters is 1. The monoisotopic (exact) mass is 215 g/mol. The van der Waals surface area contributed by atoms with Crippen LogP contribution in [-0.2, 0) is 11.2 Å². The van der Waals surface area contributed by atoms with Crippen molar-refractivity contribution in [3.63, 3.8) is 0 Å². The summed E-state index contributed by atoms with van der Waals surface area (Å²) in [6, 6.07) is 2.27. The van der Waals surface area contributed by atoms with Crippen molar-refractivity contribution in [3.05, 3.63) is 34.9 Å². The van der Waals surface area contributed by atoms with Gasteiger partial charge in [-0.05, 0) is 30.7 Å². The fourth-order valence-electron chi connectivity index (χ4n) is 1.21. The van der Waals surface area contributed by atoms with E-state index in [1.54, 1.807) is 0 Å². The van der Waals surface area contributed by atoms with Crippen molar-refractivity contribution in [1.29, 1.82) is 0 Å². The van der Waals surface area contributed by atoms with Crippen LogP contribution in [0.3, 0.4) is 0 Å². The lowest BCUT2D eigenvalue weighted by molar-refractivity contribution is 0.0594. The molecule has 0 aliphatic rings. The Morgan fingerprint density at radius 1 is 1.47 bits per heavy atom. The van der Waals surface area contributed by atoms with Gasteiger partial charge in [-0.1, -0.05) is 0 Å². The molecule has 0 radical (unpaired) electrons. The molecule has 0 saturated carbocycles.